The topological polar surface area (TPSA) is 61.4 Å². The van der Waals surface area contributed by atoms with Crippen LogP contribution in [-0.4, -0.2) is 42.6 Å². The van der Waals surface area contributed by atoms with E-state index < -0.39 is 6.04 Å². The molecule has 1 unspecified atom stereocenters. The molecule has 2 amide bonds. The Morgan fingerprint density at radius 3 is 2.58 bits per heavy atom. The van der Waals surface area contributed by atoms with E-state index in [-0.39, 0.29) is 18.4 Å². The van der Waals surface area contributed by atoms with Gasteiger partial charge in [-0.25, -0.2) is 0 Å². The van der Waals surface area contributed by atoms with Gasteiger partial charge in [0, 0.05) is 15.6 Å². The summed E-state index contributed by atoms with van der Waals surface area (Å²) in [4.78, 5) is 27.4. The molecule has 0 aromatic heterocycles. The highest BCUT2D eigenvalue weighted by Crippen LogP contribution is 2.24. The standard InChI is InChI=1S/C19H22ClN3O2S/c1-13(19(25)21-15-8-6-7-14(20)11-15)23(2)12-18(24)22-16-9-4-5-10-17(16)26-3/h4-11,13H,12H2,1-3H3,(H,21,25)(H,22,24). The molecule has 2 aromatic carbocycles. The minimum absolute atomic E-state index is 0.104. The van der Waals surface area contributed by atoms with Crippen LogP contribution in [-0.2, 0) is 9.59 Å². The van der Waals surface area contributed by atoms with E-state index in [9.17, 15) is 9.59 Å². The van der Waals surface area contributed by atoms with Gasteiger partial charge in [-0.3, -0.25) is 14.5 Å². The fourth-order valence-electron chi connectivity index (χ4n) is 2.31. The van der Waals surface area contributed by atoms with Crippen molar-refractivity contribution in [2.45, 2.75) is 17.9 Å². The number of carbonyl (C=O) groups is 2. The molecule has 0 aliphatic carbocycles. The molecule has 1 atom stereocenters. The first-order valence-electron chi connectivity index (χ1n) is 8.10. The number of amides is 2. The van der Waals surface area contributed by atoms with Crippen molar-refractivity contribution in [2.24, 2.45) is 0 Å². The summed E-state index contributed by atoms with van der Waals surface area (Å²) in [5.74, 6) is -0.372. The van der Waals surface area contributed by atoms with E-state index in [1.165, 1.54) is 0 Å². The highest BCUT2D eigenvalue weighted by molar-refractivity contribution is 7.98. The van der Waals surface area contributed by atoms with Gasteiger partial charge in [0.2, 0.25) is 11.8 Å². The van der Waals surface area contributed by atoms with Crippen LogP contribution in [0.3, 0.4) is 0 Å². The average molecular weight is 392 g/mol. The third-order valence-corrected chi connectivity index (χ3v) is 4.94. The summed E-state index contributed by atoms with van der Waals surface area (Å²) in [5, 5.41) is 6.25. The first-order valence-corrected chi connectivity index (χ1v) is 9.70. The van der Waals surface area contributed by atoms with Crippen LogP contribution in [0, 0.1) is 0 Å². The molecule has 2 rings (SSSR count). The number of anilines is 2. The van der Waals surface area contributed by atoms with Gasteiger partial charge in [-0.05, 0) is 50.6 Å². The molecule has 0 aliphatic rings. The van der Waals surface area contributed by atoms with E-state index in [2.05, 4.69) is 10.6 Å². The summed E-state index contributed by atoms with van der Waals surface area (Å²) < 4.78 is 0. The van der Waals surface area contributed by atoms with Gasteiger partial charge >= 0.3 is 0 Å². The summed E-state index contributed by atoms with van der Waals surface area (Å²) in [7, 11) is 1.74. The molecule has 0 radical (unpaired) electrons. The Kier molecular flexibility index (Phi) is 7.50. The number of nitrogens with one attached hydrogen (secondary N) is 2. The fourth-order valence-corrected chi connectivity index (χ4v) is 3.06. The zero-order chi connectivity index (χ0) is 19.1. The Balaban J connectivity index is 1.92. The van der Waals surface area contributed by atoms with E-state index in [1.54, 1.807) is 54.9 Å². The van der Waals surface area contributed by atoms with Crippen molar-refractivity contribution in [2.75, 3.05) is 30.5 Å². The number of rotatable bonds is 7. The molecule has 0 fully saturated rings. The highest BCUT2D eigenvalue weighted by Gasteiger charge is 2.20. The van der Waals surface area contributed by atoms with E-state index in [1.807, 2.05) is 30.5 Å². The molecular weight excluding hydrogens is 370 g/mol. The first kappa shape index (κ1) is 20.3. The second kappa shape index (κ2) is 9.62. The van der Waals surface area contributed by atoms with Gasteiger partial charge in [0.15, 0.2) is 0 Å². The Morgan fingerprint density at radius 2 is 1.88 bits per heavy atom. The van der Waals surface area contributed by atoms with Crippen LogP contribution in [0.25, 0.3) is 0 Å². The summed E-state index contributed by atoms with van der Waals surface area (Å²) in [5.41, 5.74) is 1.40. The van der Waals surface area contributed by atoms with Crippen LogP contribution >= 0.6 is 23.4 Å². The number of thioether (sulfide) groups is 1. The Hall–Kier alpha value is -2.02. The number of carbonyl (C=O) groups excluding carboxylic acids is 2. The lowest BCUT2D eigenvalue weighted by Gasteiger charge is -2.23. The molecule has 0 heterocycles. The Bertz CT molecular complexity index is 785. The number of halogens is 1. The number of benzene rings is 2. The van der Waals surface area contributed by atoms with Gasteiger partial charge in [-0.15, -0.1) is 11.8 Å². The predicted octanol–water partition coefficient (Wildman–Crippen LogP) is 3.96. The summed E-state index contributed by atoms with van der Waals surface area (Å²) >= 11 is 7.49. The third kappa shape index (κ3) is 5.76. The van der Waals surface area contributed by atoms with Crippen molar-refractivity contribution in [3.05, 3.63) is 53.6 Å². The number of likely N-dealkylation sites (N-methyl/N-ethyl adjacent to an activating group) is 1. The van der Waals surface area contributed by atoms with Gasteiger partial charge in [0.1, 0.15) is 0 Å². The van der Waals surface area contributed by atoms with E-state index in [0.717, 1.165) is 10.6 Å². The smallest absolute Gasteiger partial charge is 0.241 e. The number of hydrogen-bond donors (Lipinski definition) is 2. The molecule has 0 aliphatic heterocycles. The average Bonchev–Trinajstić information content (AvgIpc) is 2.61. The van der Waals surface area contributed by atoms with Gasteiger partial charge in [-0.2, -0.15) is 0 Å². The molecule has 0 spiro atoms. The molecular formula is C19H22ClN3O2S. The van der Waals surface area contributed by atoms with Crippen LogP contribution in [0.15, 0.2) is 53.4 Å². The maximum Gasteiger partial charge on any atom is 0.241 e. The third-order valence-electron chi connectivity index (χ3n) is 3.91. The van der Waals surface area contributed by atoms with Gasteiger partial charge < -0.3 is 10.6 Å². The zero-order valence-electron chi connectivity index (χ0n) is 15.0. The molecule has 5 nitrogen and oxygen atoms in total. The minimum Gasteiger partial charge on any atom is -0.325 e. The van der Waals surface area contributed by atoms with Crippen LogP contribution in [0.4, 0.5) is 11.4 Å². The number of hydrogen-bond acceptors (Lipinski definition) is 4. The number of para-hydroxylation sites is 1. The summed E-state index contributed by atoms with van der Waals surface area (Å²) in [6, 6.07) is 14.1. The predicted molar refractivity (Wildman–Crippen MR) is 109 cm³/mol. The molecule has 7 heteroatoms. The maximum absolute atomic E-state index is 12.4. The second-order valence-corrected chi connectivity index (χ2v) is 7.12. The van der Waals surface area contributed by atoms with Crippen LogP contribution in [0.5, 0.6) is 0 Å². The molecule has 2 N–H and O–H groups in total. The fraction of sp³-hybridized carbons (Fsp3) is 0.263. The quantitative estimate of drug-likeness (QED) is 0.701. The van der Waals surface area contributed by atoms with Crippen molar-refractivity contribution in [3.8, 4) is 0 Å². The Morgan fingerprint density at radius 1 is 1.15 bits per heavy atom. The van der Waals surface area contributed by atoms with E-state index in [4.69, 9.17) is 11.6 Å². The van der Waals surface area contributed by atoms with Crippen molar-refractivity contribution < 1.29 is 9.59 Å². The van der Waals surface area contributed by atoms with Crippen molar-refractivity contribution in [1.29, 1.82) is 0 Å². The lowest BCUT2D eigenvalue weighted by atomic mass is 10.2. The zero-order valence-corrected chi connectivity index (χ0v) is 16.5. The summed E-state index contributed by atoms with van der Waals surface area (Å²) in [6.45, 7) is 1.86. The van der Waals surface area contributed by atoms with Gasteiger partial charge in [-0.1, -0.05) is 29.8 Å². The van der Waals surface area contributed by atoms with E-state index in [0.29, 0.717) is 10.7 Å². The minimum atomic E-state index is -0.476. The highest BCUT2D eigenvalue weighted by atomic mass is 35.5. The maximum atomic E-state index is 12.4. The molecule has 138 valence electrons. The Labute approximate surface area is 163 Å². The molecule has 26 heavy (non-hydrogen) atoms. The second-order valence-electron chi connectivity index (χ2n) is 5.84. The van der Waals surface area contributed by atoms with Gasteiger partial charge in [0.05, 0.1) is 18.3 Å². The van der Waals surface area contributed by atoms with Crippen LogP contribution < -0.4 is 10.6 Å². The molecule has 2 aromatic rings. The molecule has 0 saturated heterocycles. The van der Waals surface area contributed by atoms with Crippen molar-refractivity contribution in [3.63, 3.8) is 0 Å². The van der Waals surface area contributed by atoms with Crippen LogP contribution in [0.1, 0.15) is 6.92 Å². The number of nitrogens with zero attached hydrogens (tertiary/aromatic N) is 1. The molecule has 0 saturated carbocycles. The lowest BCUT2D eigenvalue weighted by Crippen LogP contribution is -2.43. The first-order chi connectivity index (χ1) is 12.4. The van der Waals surface area contributed by atoms with Gasteiger partial charge in [0.25, 0.3) is 0 Å². The monoisotopic (exact) mass is 391 g/mol. The lowest BCUT2D eigenvalue weighted by molar-refractivity contribution is -0.122. The summed E-state index contributed by atoms with van der Waals surface area (Å²) in [6.07, 6.45) is 1.96. The van der Waals surface area contributed by atoms with Crippen molar-refractivity contribution >= 4 is 46.6 Å². The SMILES string of the molecule is CSc1ccccc1NC(=O)CN(C)C(C)C(=O)Nc1cccc(Cl)c1. The van der Waals surface area contributed by atoms with E-state index >= 15 is 0 Å². The molecule has 0 bridgehead atoms. The normalized spacial score (nSPS) is 11.9. The van der Waals surface area contributed by atoms with Crippen molar-refractivity contribution in [1.82, 2.24) is 4.90 Å². The van der Waals surface area contributed by atoms with Crippen LogP contribution in [0.2, 0.25) is 5.02 Å². The largest absolute Gasteiger partial charge is 0.325 e.